The molecule has 0 aliphatic rings. The summed E-state index contributed by atoms with van der Waals surface area (Å²) < 4.78 is 0. The van der Waals surface area contributed by atoms with Gasteiger partial charge in [0.2, 0.25) is 0 Å². The van der Waals surface area contributed by atoms with E-state index in [9.17, 15) is 0 Å². The topological polar surface area (TPSA) is 46.2 Å². The van der Waals surface area contributed by atoms with Gasteiger partial charge < -0.3 is 10.8 Å². The van der Waals surface area contributed by atoms with E-state index in [0.717, 1.165) is 16.8 Å². The van der Waals surface area contributed by atoms with Crippen LogP contribution in [0.3, 0.4) is 0 Å². The summed E-state index contributed by atoms with van der Waals surface area (Å²) in [5.74, 6) is 11.6. The number of aromatic hydroxyl groups is 1. The lowest BCUT2D eigenvalue weighted by Gasteiger charge is -1.90. The molecule has 0 saturated heterocycles. The molecule has 0 heterocycles. The summed E-state index contributed by atoms with van der Waals surface area (Å²) in [5.41, 5.74) is 7.99. The summed E-state index contributed by atoms with van der Waals surface area (Å²) in [6.45, 7) is 0. The number of nitrogens with two attached hydrogens (primary N) is 1. The van der Waals surface area contributed by atoms with Gasteiger partial charge in [-0.15, -0.1) is 0 Å². The molecule has 0 unspecified atom stereocenters. The largest absolute Gasteiger partial charge is 0.508 e. The lowest BCUT2D eigenvalue weighted by atomic mass is 10.2. The third kappa shape index (κ3) is 3.33. The second-order valence-electron chi connectivity index (χ2n) is 3.67. The molecule has 0 aliphatic carbocycles. The van der Waals surface area contributed by atoms with Gasteiger partial charge in [0.1, 0.15) is 5.75 Å². The Hall–Kier alpha value is -2.84. The van der Waals surface area contributed by atoms with E-state index in [0.29, 0.717) is 0 Å². The quantitative estimate of drug-likeness (QED) is 0.542. The molecule has 18 heavy (non-hydrogen) atoms. The van der Waals surface area contributed by atoms with Crippen molar-refractivity contribution in [1.82, 2.24) is 0 Å². The Morgan fingerprint density at radius 1 is 0.722 bits per heavy atom. The van der Waals surface area contributed by atoms with Crippen molar-refractivity contribution < 1.29 is 5.11 Å². The molecule has 0 amide bonds. The van der Waals surface area contributed by atoms with Gasteiger partial charge >= 0.3 is 0 Å². The second kappa shape index (κ2) is 5.48. The maximum atomic E-state index is 9.11. The van der Waals surface area contributed by atoms with Gasteiger partial charge in [0.15, 0.2) is 0 Å². The van der Waals surface area contributed by atoms with E-state index in [2.05, 4.69) is 23.7 Å². The zero-order valence-electron chi connectivity index (χ0n) is 9.64. The summed E-state index contributed by atoms with van der Waals surface area (Å²) in [5, 5.41) is 9.11. The summed E-state index contributed by atoms with van der Waals surface area (Å²) in [7, 11) is 0. The molecule has 0 saturated carbocycles. The Kier molecular flexibility index (Phi) is 3.54. The van der Waals surface area contributed by atoms with Crippen molar-refractivity contribution in [2.24, 2.45) is 0 Å². The minimum absolute atomic E-state index is 0.230. The third-order valence-electron chi connectivity index (χ3n) is 2.25. The molecule has 0 atom stereocenters. The molecule has 2 heteroatoms. The molecular formula is C16H11NO. The summed E-state index contributed by atoms with van der Waals surface area (Å²) in [4.78, 5) is 0. The van der Waals surface area contributed by atoms with Crippen molar-refractivity contribution in [2.45, 2.75) is 0 Å². The minimum Gasteiger partial charge on any atom is -0.508 e. The van der Waals surface area contributed by atoms with E-state index in [1.807, 2.05) is 12.1 Å². The number of hydrogen-bond acceptors (Lipinski definition) is 2. The Labute approximate surface area is 106 Å². The van der Waals surface area contributed by atoms with Gasteiger partial charge in [-0.1, -0.05) is 11.8 Å². The maximum Gasteiger partial charge on any atom is 0.115 e. The highest BCUT2D eigenvalue weighted by Gasteiger charge is 1.87. The molecule has 2 nitrogen and oxygen atoms in total. The lowest BCUT2D eigenvalue weighted by Crippen LogP contribution is -1.82. The molecule has 0 bridgehead atoms. The van der Waals surface area contributed by atoms with E-state index >= 15 is 0 Å². The summed E-state index contributed by atoms with van der Waals surface area (Å²) in [6, 6.07) is 14.0. The fourth-order valence-electron chi connectivity index (χ4n) is 1.32. The standard InChI is InChI=1S/C16H11NO/c17-15-9-5-13(6-10-15)3-1-2-4-14-7-11-16(18)12-8-14/h5-12,18H,17H2. The van der Waals surface area contributed by atoms with Crippen LogP contribution in [0.15, 0.2) is 48.5 Å². The van der Waals surface area contributed by atoms with Crippen molar-refractivity contribution in [3.05, 3.63) is 59.7 Å². The highest BCUT2D eigenvalue weighted by molar-refractivity contribution is 5.48. The molecule has 0 aliphatic heterocycles. The van der Waals surface area contributed by atoms with Crippen LogP contribution in [0.4, 0.5) is 5.69 Å². The third-order valence-corrected chi connectivity index (χ3v) is 2.25. The van der Waals surface area contributed by atoms with Gasteiger partial charge in [-0.05, 0) is 60.4 Å². The van der Waals surface area contributed by atoms with Gasteiger partial charge in [-0.2, -0.15) is 0 Å². The molecular weight excluding hydrogens is 222 g/mol. The predicted octanol–water partition coefficient (Wildman–Crippen LogP) is 2.38. The van der Waals surface area contributed by atoms with Gasteiger partial charge in [-0.3, -0.25) is 0 Å². The van der Waals surface area contributed by atoms with Gasteiger partial charge in [0.05, 0.1) is 0 Å². The number of rotatable bonds is 0. The number of anilines is 1. The number of nitrogen functional groups attached to an aromatic ring is 1. The smallest absolute Gasteiger partial charge is 0.115 e. The number of benzene rings is 2. The highest BCUT2D eigenvalue weighted by Crippen LogP contribution is 2.08. The fraction of sp³-hybridized carbons (Fsp3) is 0. The Morgan fingerprint density at radius 3 is 1.67 bits per heavy atom. The molecule has 2 aromatic carbocycles. The molecule has 2 rings (SSSR count). The molecule has 0 spiro atoms. The molecule has 2 aromatic rings. The first-order valence-corrected chi connectivity index (χ1v) is 5.41. The van der Waals surface area contributed by atoms with Crippen molar-refractivity contribution in [3.8, 4) is 29.4 Å². The molecule has 0 fully saturated rings. The molecule has 0 aromatic heterocycles. The molecule has 0 radical (unpaired) electrons. The fourth-order valence-corrected chi connectivity index (χ4v) is 1.32. The van der Waals surface area contributed by atoms with Crippen LogP contribution < -0.4 is 5.73 Å². The molecule has 3 N–H and O–H groups in total. The van der Waals surface area contributed by atoms with E-state index in [-0.39, 0.29) is 5.75 Å². The summed E-state index contributed by atoms with van der Waals surface area (Å²) in [6.07, 6.45) is 0. The number of phenolic OH excluding ortho intramolecular Hbond substituents is 1. The van der Waals surface area contributed by atoms with Crippen LogP contribution in [0.5, 0.6) is 5.75 Å². The zero-order chi connectivity index (χ0) is 12.8. The molecule has 86 valence electrons. The SMILES string of the molecule is Nc1ccc(C#CC#Cc2ccc(O)cc2)cc1. The first-order chi connectivity index (χ1) is 8.74. The van der Waals surface area contributed by atoms with E-state index in [1.165, 1.54) is 0 Å². The van der Waals surface area contributed by atoms with Crippen LogP contribution in [0.25, 0.3) is 0 Å². The van der Waals surface area contributed by atoms with Crippen molar-refractivity contribution >= 4 is 5.69 Å². The Morgan fingerprint density at radius 2 is 1.17 bits per heavy atom. The number of phenols is 1. The average Bonchev–Trinajstić information content (AvgIpc) is 2.39. The van der Waals surface area contributed by atoms with Crippen LogP contribution in [0, 0.1) is 23.7 Å². The maximum absolute atomic E-state index is 9.11. The van der Waals surface area contributed by atoms with Crippen LogP contribution in [0.1, 0.15) is 11.1 Å². The zero-order valence-corrected chi connectivity index (χ0v) is 9.64. The van der Waals surface area contributed by atoms with Crippen LogP contribution in [-0.4, -0.2) is 5.11 Å². The van der Waals surface area contributed by atoms with E-state index in [1.54, 1.807) is 36.4 Å². The van der Waals surface area contributed by atoms with E-state index < -0.39 is 0 Å². The second-order valence-corrected chi connectivity index (χ2v) is 3.67. The van der Waals surface area contributed by atoms with Crippen molar-refractivity contribution in [1.29, 1.82) is 0 Å². The lowest BCUT2D eigenvalue weighted by molar-refractivity contribution is 0.475. The first kappa shape index (κ1) is 11.6. The van der Waals surface area contributed by atoms with Gasteiger partial charge in [-0.25, -0.2) is 0 Å². The van der Waals surface area contributed by atoms with E-state index in [4.69, 9.17) is 10.8 Å². The predicted molar refractivity (Wildman–Crippen MR) is 72.7 cm³/mol. The van der Waals surface area contributed by atoms with Crippen LogP contribution >= 0.6 is 0 Å². The Balaban J connectivity index is 2.09. The highest BCUT2D eigenvalue weighted by atomic mass is 16.3. The minimum atomic E-state index is 0.230. The normalized spacial score (nSPS) is 8.67. The van der Waals surface area contributed by atoms with Gasteiger partial charge in [0, 0.05) is 16.8 Å². The van der Waals surface area contributed by atoms with Crippen LogP contribution in [0.2, 0.25) is 0 Å². The average molecular weight is 233 g/mol. The monoisotopic (exact) mass is 233 g/mol. The van der Waals surface area contributed by atoms with Crippen LogP contribution in [-0.2, 0) is 0 Å². The van der Waals surface area contributed by atoms with Crippen molar-refractivity contribution in [2.75, 3.05) is 5.73 Å². The Bertz CT molecular complexity index is 585. The summed E-state index contributed by atoms with van der Waals surface area (Å²) >= 11 is 0. The number of hydrogen-bond donors (Lipinski definition) is 2. The first-order valence-electron chi connectivity index (χ1n) is 5.41. The van der Waals surface area contributed by atoms with Gasteiger partial charge in [0.25, 0.3) is 0 Å². The van der Waals surface area contributed by atoms with Crippen molar-refractivity contribution in [3.63, 3.8) is 0 Å².